The lowest BCUT2D eigenvalue weighted by molar-refractivity contribution is 0.168. The molecule has 0 spiro atoms. The Hall–Kier alpha value is -3.06. The number of rotatable bonds is 7. The topological polar surface area (TPSA) is 77.1 Å². The molecule has 1 N–H and O–H groups in total. The molecule has 0 fully saturated rings. The lowest BCUT2D eigenvalue weighted by Gasteiger charge is -2.22. The molecule has 2 rings (SSSR count). The van der Waals surface area contributed by atoms with Gasteiger partial charge in [-0.15, -0.1) is 0 Å². The van der Waals surface area contributed by atoms with Crippen molar-refractivity contribution in [3.63, 3.8) is 0 Å². The molecule has 0 unspecified atom stereocenters. The van der Waals surface area contributed by atoms with Gasteiger partial charge in [-0.2, -0.15) is 0 Å². The Bertz CT molecular complexity index is 778. The van der Waals surface area contributed by atoms with Gasteiger partial charge < -0.3 is 14.2 Å². The largest absolute Gasteiger partial charge is 0.450 e. The predicted molar refractivity (Wildman–Crippen MR) is 104 cm³/mol. The zero-order valence-corrected chi connectivity index (χ0v) is 15.7. The lowest BCUT2D eigenvalue weighted by Crippen LogP contribution is -2.36. The van der Waals surface area contributed by atoms with Crippen LogP contribution in [0.1, 0.15) is 12.5 Å². The van der Waals surface area contributed by atoms with E-state index in [2.05, 4.69) is 5.32 Å². The summed E-state index contributed by atoms with van der Waals surface area (Å²) >= 11 is 0. The molecule has 2 amide bonds. The van der Waals surface area contributed by atoms with Crippen molar-refractivity contribution < 1.29 is 23.8 Å². The van der Waals surface area contributed by atoms with Crippen LogP contribution < -0.4 is 15.0 Å². The number of benzene rings is 2. The van der Waals surface area contributed by atoms with Crippen molar-refractivity contribution in [3.05, 3.63) is 54.1 Å². The van der Waals surface area contributed by atoms with Crippen molar-refractivity contribution in [2.75, 3.05) is 37.1 Å². The maximum Gasteiger partial charge on any atom is 0.419 e. The molecule has 2 aromatic carbocycles. The first-order chi connectivity index (χ1) is 13.0. The number of anilines is 2. The summed E-state index contributed by atoms with van der Waals surface area (Å²) in [5.74, 6) is 0.310. The Morgan fingerprint density at radius 1 is 1.11 bits per heavy atom. The molecular formula is C20H24N2O5. The second-order valence-corrected chi connectivity index (χ2v) is 5.72. The number of methoxy groups -OCH3 is 1. The van der Waals surface area contributed by atoms with Gasteiger partial charge in [0.1, 0.15) is 5.75 Å². The lowest BCUT2D eigenvalue weighted by atomic mass is 10.2. The van der Waals surface area contributed by atoms with Crippen LogP contribution in [0, 0.1) is 6.92 Å². The Morgan fingerprint density at radius 3 is 2.59 bits per heavy atom. The molecule has 7 nitrogen and oxygen atoms in total. The Kier molecular flexibility index (Phi) is 7.63. The highest BCUT2D eigenvalue weighted by atomic mass is 16.6. The van der Waals surface area contributed by atoms with Gasteiger partial charge in [-0.25, -0.2) is 9.59 Å². The fraction of sp³-hybridized carbons (Fsp3) is 0.300. The van der Waals surface area contributed by atoms with Crippen LogP contribution in [0.3, 0.4) is 0 Å². The molecule has 0 saturated heterocycles. The van der Waals surface area contributed by atoms with Gasteiger partial charge in [0.15, 0.2) is 0 Å². The van der Waals surface area contributed by atoms with E-state index in [-0.39, 0.29) is 6.61 Å². The van der Waals surface area contributed by atoms with E-state index < -0.39 is 12.2 Å². The third-order valence-electron chi connectivity index (χ3n) is 3.61. The SMILES string of the molecule is CCOC(=O)Nc1cccc(OC(=O)N(CCOC)c2cccc(C)c2)c1. The number of carbonyl (C=O) groups excluding carboxylic acids is 2. The summed E-state index contributed by atoms with van der Waals surface area (Å²) in [6.45, 7) is 4.66. The van der Waals surface area contributed by atoms with Crippen LogP contribution in [0.5, 0.6) is 5.75 Å². The standard InChI is InChI=1S/C20H24N2O5/c1-4-26-19(23)21-16-8-6-10-18(14-16)27-20(24)22(11-12-25-3)17-9-5-7-15(2)13-17/h5-10,13-14H,4,11-12H2,1-3H3,(H,21,23). The number of nitrogens with zero attached hydrogens (tertiary/aromatic N) is 1. The van der Waals surface area contributed by atoms with E-state index in [4.69, 9.17) is 14.2 Å². The Morgan fingerprint density at radius 2 is 1.89 bits per heavy atom. The summed E-state index contributed by atoms with van der Waals surface area (Å²) in [5, 5.41) is 2.57. The highest BCUT2D eigenvalue weighted by molar-refractivity contribution is 5.90. The monoisotopic (exact) mass is 372 g/mol. The van der Waals surface area contributed by atoms with Gasteiger partial charge in [0.25, 0.3) is 0 Å². The molecule has 0 aliphatic heterocycles. The summed E-state index contributed by atoms with van der Waals surface area (Å²) in [6, 6.07) is 14.1. The molecule has 0 radical (unpaired) electrons. The molecule has 144 valence electrons. The van der Waals surface area contributed by atoms with Crippen molar-refractivity contribution >= 4 is 23.6 Å². The van der Waals surface area contributed by atoms with Crippen LogP contribution in [0.4, 0.5) is 21.0 Å². The predicted octanol–water partition coefficient (Wildman–Crippen LogP) is 4.22. The van der Waals surface area contributed by atoms with Crippen LogP contribution in [0.25, 0.3) is 0 Å². The fourth-order valence-corrected chi connectivity index (χ4v) is 2.38. The minimum Gasteiger partial charge on any atom is -0.450 e. The molecular weight excluding hydrogens is 348 g/mol. The van der Waals surface area contributed by atoms with Gasteiger partial charge in [-0.1, -0.05) is 18.2 Å². The van der Waals surface area contributed by atoms with Crippen LogP contribution in [-0.2, 0) is 9.47 Å². The maximum absolute atomic E-state index is 12.7. The summed E-state index contributed by atoms with van der Waals surface area (Å²) in [7, 11) is 1.57. The van der Waals surface area contributed by atoms with Gasteiger partial charge in [-0.3, -0.25) is 10.2 Å². The van der Waals surface area contributed by atoms with Crippen molar-refractivity contribution in [2.24, 2.45) is 0 Å². The van der Waals surface area contributed by atoms with E-state index in [0.717, 1.165) is 11.3 Å². The molecule has 27 heavy (non-hydrogen) atoms. The number of carbonyl (C=O) groups is 2. The first-order valence-corrected chi connectivity index (χ1v) is 8.62. The average Bonchev–Trinajstić information content (AvgIpc) is 2.62. The second kappa shape index (κ2) is 10.2. The number of amides is 2. The Labute approximate surface area is 158 Å². The zero-order valence-electron chi connectivity index (χ0n) is 15.7. The molecule has 2 aromatic rings. The van der Waals surface area contributed by atoms with Crippen molar-refractivity contribution in [3.8, 4) is 5.75 Å². The van der Waals surface area contributed by atoms with Crippen molar-refractivity contribution in [1.82, 2.24) is 0 Å². The van der Waals surface area contributed by atoms with Gasteiger partial charge in [0.2, 0.25) is 0 Å². The van der Waals surface area contributed by atoms with Crippen LogP contribution >= 0.6 is 0 Å². The second-order valence-electron chi connectivity index (χ2n) is 5.72. The first-order valence-electron chi connectivity index (χ1n) is 8.62. The highest BCUT2D eigenvalue weighted by Gasteiger charge is 2.18. The van der Waals surface area contributed by atoms with Crippen LogP contribution in [0.15, 0.2) is 48.5 Å². The average molecular weight is 372 g/mol. The van der Waals surface area contributed by atoms with E-state index in [1.165, 1.54) is 4.90 Å². The summed E-state index contributed by atoms with van der Waals surface area (Å²) in [4.78, 5) is 25.7. The summed E-state index contributed by atoms with van der Waals surface area (Å²) in [6.07, 6.45) is -1.10. The molecule has 7 heteroatoms. The van der Waals surface area contributed by atoms with E-state index in [9.17, 15) is 9.59 Å². The number of ether oxygens (including phenoxy) is 3. The number of hydrogen-bond acceptors (Lipinski definition) is 5. The summed E-state index contributed by atoms with van der Waals surface area (Å²) in [5.41, 5.74) is 2.22. The van der Waals surface area contributed by atoms with Crippen LogP contribution in [-0.4, -0.2) is 39.1 Å². The zero-order chi connectivity index (χ0) is 19.6. The number of aryl methyl sites for hydroxylation is 1. The van der Waals surface area contributed by atoms with E-state index >= 15 is 0 Å². The molecule has 0 aliphatic rings. The van der Waals surface area contributed by atoms with Crippen LogP contribution in [0.2, 0.25) is 0 Å². The first kappa shape index (κ1) is 20.3. The summed E-state index contributed by atoms with van der Waals surface area (Å²) < 4.78 is 15.4. The fourth-order valence-electron chi connectivity index (χ4n) is 2.38. The number of nitrogens with one attached hydrogen (secondary N) is 1. The molecule has 0 bridgehead atoms. The van der Waals surface area contributed by atoms with Gasteiger partial charge in [0, 0.05) is 24.6 Å². The Balaban J connectivity index is 2.13. The van der Waals surface area contributed by atoms with E-state index in [1.807, 2.05) is 31.2 Å². The number of hydrogen-bond donors (Lipinski definition) is 1. The molecule has 0 atom stereocenters. The van der Waals surface area contributed by atoms with Crippen molar-refractivity contribution in [1.29, 1.82) is 0 Å². The van der Waals surface area contributed by atoms with E-state index in [0.29, 0.717) is 24.6 Å². The van der Waals surface area contributed by atoms with Gasteiger partial charge in [0.05, 0.1) is 19.8 Å². The maximum atomic E-state index is 12.7. The molecule has 0 aromatic heterocycles. The highest BCUT2D eigenvalue weighted by Crippen LogP contribution is 2.21. The minimum atomic E-state index is -0.567. The smallest absolute Gasteiger partial charge is 0.419 e. The molecule has 0 aliphatic carbocycles. The normalized spacial score (nSPS) is 10.2. The van der Waals surface area contributed by atoms with Gasteiger partial charge >= 0.3 is 12.2 Å². The van der Waals surface area contributed by atoms with E-state index in [1.54, 1.807) is 38.3 Å². The van der Waals surface area contributed by atoms with Crippen molar-refractivity contribution in [2.45, 2.75) is 13.8 Å². The minimum absolute atomic E-state index is 0.269. The molecule has 0 heterocycles. The third-order valence-corrected chi connectivity index (χ3v) is 3.61. The van der Waals surface area contributed by atoms with Gasteiger partial charge in [-0.05, 0) is 43.7 Å². The quantitative estimate of drug-likeness (QED) is 0.788. The molecule has 0 saturated carbocycles. The third kappa shape index (κ3) is 6.31.